The van der Waals surface area contributed by atoms with Gasteiger partial charge in [0.25, 0.3) is 5.88 Å². The number of nitrogens with zero attached hydrogens (tertiary/aromatic N) is 5. The summed E-state index contributed by atoms with van der Waals surface area (Å²) in [7, 11) is 0. The standard InChI is InChI=1S/C18H21N5O3/c1-12-15(13(2)26-22-12)5-6-17(24)23-9-3-4-14(11-23)25-18-16(10-19)20-7-8-21-18/h7-8,14H,3-6,9,11H2,1-2H3/t14-/m0/s1. The Morgan fingerprint density at radius 1 is 1.42 bits per heavy atom. The van der Waals surface area contributed by atoms with Crippen molar-refractivity contribution in [2.45, 2.75) is 45.6 Å². The first-order valence-corrected chi connectivity index (χ1v) is 8.65. The molecule has 0 radical (unpaired) electrons. The molecular weight excluding hydrogens is 334 g/mol. The molecule has 1 saturated heterocycles. The SMILES string of the molecule is Cc1noc(C)c1CCC(=O)N1CCC[C@H](Oc2nccnc2C#N)C1. The number of rotatable bonds is 5. The largest absolute Gasteiger partial charge is 0.470 e. The molecule has 0 N–H and O–H groups in total. The summed E-state index contributed by atoms with van der Waals surface area (Å²) in [6.45, 7) is 4.95. The van der Waals surface area contributed by atoms with Gasteiger partial charge in [0.15, 0.2) is 0 Å². The van der Waals surface area contributed by atoms with E-state index >= 15 is 0 Å². The minimum absolute atomic E-state index is 0.0814. The minimum Gasteiger partial charge on any atom is -0.470 e. The zero-order valence-electron chi connectivity index (χ0n) is 14.9. The van der Waals surface area contributed by atoms with Crippen LogP contribution in [0.2, 0.25) is 0 Å². The maximum atomic E-state index is 12.6. The molecular formula is C18H21N5O3. The summed E-state index contributed by atoms with van der Waals surface area (Å²) in [5.41, 5.74) is 2.00. The van der Waals surface area contributed by atoms with E-state index in [9.17, 15) is 4.79 Å². The monoisotopic (exact) mass is 355 g/mol. The van der Waals surface area contributed by atoms with Gasteiger partial charge in [-0.1, -0.05) is 5.16 Å². The molecule has 1 amide bonds. The van der Waals surface area contributed by atoms with Crippen molar-refractivity contribution in [2.24, 2.45) is 0 Å². The Morgan fingerprint density at radius 3 is 2.96 bits per heavy atom. The summed E-state index contributed by atoms with van der Waals surface area (Å²) in [4.78, 5) is 22.4. The van der Waals surface area contributed by atoms with Gasteiger partial charge in [-0.25, -0.2) is 9.97 Å². The van der Waals surface area contributed by atoms with Gasteiger partial charge in [-0.3, -0.25) is 4.79 Å². The number of ether oxygens (including phenoxy) is 1. The van der Waals surface area contributed by atoms with E-state index in [2.05, 4.69) is 15.1 Å². The number of carbonyl (C=O) groups is 1. The van der Waals surface area contributed by atoms with Crippen molar-refractivity contribution < 1.29 is 14.1 Å². The summed E-state index contributed by atoms with van der Waals surface area (Å²) < 4.78 is 11.0. The molecule has 3 heterocycles. The number of nitriles is 1. The molecule has 2 aromatic heterocycles. The quantitative estimate of drug-likeness (QED) is 0.807. The van der Waals surface area contributed by atoms with E-state index in [0.29, 0.717) is 25.9 Å². The normalized spacial score (nSPS) is 17.0. The van der Waals surface area contributed by atoms with E-state index in [0.717, 1.165) is 29.9 Å². The van der Waals surface area contributed by atoms with Crippen LogP contribution in [0.5, 0.6) is 5.88 Å². The predicted molar refractivity (Wildman–Crippen MR) is 91.3 cm³/mol. The molecule has 0 saturated carbocycles. The molecule has 0 aliphatic carbocycles. The number of piperidine rings is 1. The molecule has 0 spiro atoms. The Hall–Kier alpha value is -2.95. The average Bonchev–Trinajstić information content (AvgIpc) is 2.98. The van der Waals surface area contributed by atoms with Crippen LogP contribution in [0.25, 0.3) is 0 Å². The highest BCUT2D eigenvalue weighted by Gasteiger charge is 2.26. The van der Waals surface area contributed by atoms with E-state index in [4.69, 9.17) is 14.5 Å². The number of carbonyl (C=O) groups excluding carboxylic acids is 1. The van der Waals surface area contributed by atoms with Crippen molar-refractivity contribution in [2.75, 3.05) is 13.1 Å². The third-order valence-corrected chi connectivity index (χ3v) is 4.55. The molecule has 1 aliphatic heterocycles. The second-order valence-electron chi connectivity index (χ2n) is 6.35. The first-order valence-electron chi connectivity index (χ1n) is 8.65. The fourth-order valence-corrected chi connectivity index (χ4v) is 3.16. The van der Waals surface area contributed by atoms with E-state index < -0.39 is 0 Å². The molecule has 8 heteroatoms. The van der Waals surface area contributed by atoms with Crippen LogP contribution in [0.15, 0.2) is 16.9 Å². The maximum absolute atomic E-state index is 12.6. The van der Waals surface area contributed by atoms with Crippen molar-refractivity contribution in [3.05, 3.63) is 35.1 Å². The van der Waals surface area contributed by atoms with Crippen molar-refractivity contribution in [1.29, 1.82) is 5.26 Å². The van der Waals surface area contributed by atoms with Crippen LogP contribution in [0.4, 0.5) is 0 Å². The molecule has 2 aromatic rings. The minimum atomic E-state index is -0.185. The molecule has 3 rings (SSSR count). The van der Waals surface area contributed by atoms with Crippen LogP contribution in [-0.2, 0) is 11.2 Å². The third kappa shape index (κ3) is 3.99. The molecule has 8 nitrogen and oxygen atoms in total. The van der Waals surface area contributed by atoms with Crippen LogP contribution >= 0.6 is 0 Å². The van der Waals surface area contributed by atoms with Crippen molar-refractivity contribution in [3.8, 4) is 11.9 Å². The first-order chi connectivity index (χ1) is 12.6. The number of hydrogen-bond donors (Lipinski definition) is 0. The topological polar surface area (TPSA) is 105 Å². The van der Waals surface area contributed by atoms with Gasteiger partial charge in [-0.05, 0) is 33.1 Å². The average molecular weight is 355 g/mol. The molecule has 0 aromatic carbocycles. The molecule has 0 bridgehead atoms. The van der Waals surface area contributed by atoms with Crippen molar-refractivity contribution in [1.82, 2.24) is 20.0 Å². The van der Waals surface area contributed by atoms with Gasteiger partial charge in [-0.15, -0.1) is 0 Å². The van der Waals surface area contributed by atoms with Gasteiger partial charge in [0, 0.05) is 30.9 Å². The van der Waals surface area contributed by atoms with Crippen molar-refractivity contribution >= 4 is 5.91 Å². The Kier molecular flexibility index (Phi) is 5.46. The second-order valence-corrected chi connectivity index (χ2v) is 6.35. The smallest absolute Gasteiger partial charge is 0.251 e. The fourth-order valence-electron chi connectivity index (χ4n) is 3.16. The van der Waals surface area contributed by atoms with E-state index in [1.54, 1.807) is 0 Å². The van der Waals surface area contributed by atoms with Crippen molar-refractivity contribution in [3.63, 3.8) is 0 Å². The zero-order valence-corrected chi connectivity index (χ0v) is 14.9. The van der Waals surface area contributed by atoms with Crippen LogP contribution in [0.3, 0.4) is 0 Å². The molecule has 1 aliphatic rings. The lowest BCUT2D eigenvalue weighted by molar-refractivity contribution is -0.133. The van der Waals surface area contributed by atoms with Gasteiger partial charge in [0.2, 0.25) is 11.6 Å². The van der Waals surface area contributed by atoms with Gasteiger partial charge in [-0.2, -0.15) is 5.26 Å². The van der Waals surface area contributed by atoms with Crippen LogP contribution in [0.1, 0.15) is 42.0 Å². The lowest BCUT2D eigenvalue weighted by Crippen LogP contribution is -2.44. The molecule has 136 valence electrons. The third-order valence-electron chi connectivity index (χ3n) is 4.55. The number of hydrogen-bond acceptors (Lipinski definition) is 7. The van der Waals surface area contributed by atoms with Gasteiger partial charge >= 0.3 is 0 Å². The lowest BCUT2D eigenvalue weighted by Gasteiger charge is -2.32. The number of likely N-dealkylation sites (tertiary alicyclic amines) is 1. The highest BCUT2D eigenvalue weighted by atomic mass is 16.5. The predicted octanol–water partition coefficient (Wildman–Crippen LogP) is 1.96. The Morgan fingerprint density at radius 2 is 2.23 bits per heavy atom. The summed E-state index contributed by atoms with van der Waals surface area (Å²) in [6, 6.07) is 1.97. The van der Waals surface area contributed by atoms with Crippen LogP contribution in [0, 0.1) is 25.2 Å². The van der Waals surface area contributed by atoms with Crippen LogP contribution < -0.4 is 4.74 Å². The lowest BCUT2D eigenvalue weighted by atomic mass is 10.1. The van der Waals surface area contributed by atoms with Crippen LogP contribution in [-0.4, -0.2) is 45.1 Å². The van der Waals surface area contributed by atoms with Gasteiger partial charge < -0.3 is 14.2 Å². The number of amides is 1. The molecule has 26 heavy (non-hydrogen) atoms. The fraction of sp³-hybridized carbons (Fsp3) is 0.500. The Balaban J connectivity index is 1.58. The second kappa shape index (κ2) is 7.95. The highest BCUT2D eigenvalue weighted by molar-refractivity contribution is 5.76. The van der Waals surface area contributed by atoms with Gasteiger partial charge in [0.1, 0.15) is 17.9 Å². The van der Waals surface area contributed by atoms with E-state index in [1.165, 1.54) is 12.4 Å². The highest BCUT2D eigenvalue weighted by Crippen LogP contribution is 2.20. The summed E-state index contributed by atoms with van der Waals surface area (Å²) in [5.74, 6) is 1.07. The van der Waals surface area contributed by atoms with Gasteiger partial charge in [0.05, 0.1) is 12.2 Å². The Bertz CT molecular complexity index is 807. The molecule has 1 atom stereocenters. The molecule has 0 unspecified atom stereocenters. The zero-order chi connectivity index (χ0) is 18.5. The summed E-state index contributed by atoms with van der Waals surface area (Å²) >= 11 is 0. The molecule has 1 fully saturated rings. The first kappa shape index (κ1) is 17.9. The Labute approximate surface area is 151 Å². The van der Waals surface area contributed by atoms with E-state index in [-0.39, 0.29) is 23.6 Å². The summed E-state index contributed by atoms with van der Waals surface area (Å²) in [6.07, 6.45) is 5.45. The maximum Gasteiger partial charge on any atom is 0.251 e. The number of aromatic nitrogens is 3. The summed E-state index contributed by atoms with van der Waals surface area (Å²) in [5, 5.41) is 13.0. The van der Waals surface area contributed by atoms with E-state index in [1.807, 2.05) is 24.8 Å². The number of aryl methyl sites for hydroxylation is 2.